The monoisotopic (exact) mass is 379 g/mol. The smallest absolute Gasteiger partial charge is 0.274 e. The van der Waals surface area contributed by atoms with Gasteiger partial charge in [-0.25, -0.2) is 9.50 Å². The van der Waals surface area contributed by atoms with E-state index in [1.54, 1.807) is 16.9 Å². The van der Waals surface area contributed by atoms with Crippen LogP contribution in [0.1, 0.15) is 47.9 Å². The minimum Gasteiger partial charge on any atom is -0.370 e. The van der Waals surface area contributed by atoms with Crippen LogP contribution >= 0.6 is 0 Å². The van der Waals surface area contributed by atoms with Crippen LogP contribution in [0.5, 0.6) is 0 Å². The molecule has 0 N–H and O–H groups in total. The maximum absolute atomic E-state index is 12.8. The Bertz CT molecular complexity index is 1000. The van der Waals surface area contributed by atoms with Crippen LogP contribution < -0.4 is 4.90 Å². The van der Waals surface area contributed by atoms with E-state index in [1.807, 2.05) is 22.5 Å². The first kappa shape index (κ1) is 17.2. The van der Waals surface area contributed by atoms with E-state index >= 15 is 0 Å². The van der Waals surface area contributed by atoms with Gasteiger partial charge in [-0.3, -0.25) is 9.48 Å². The summed E-state index contributed by atoms with van der Waals surface area (Å²) in [6, 6.07) is 5.95. The SMILES string of the molecule is Cn1ccc(C(=O)N2CCC[C@@H](c3nc4ccc(N5CCCC5)cn4n3)C2)n1. The molecule has 0 aliphatic carbocycles. The summed E-state index contributed by atoms with van der Waals surface area (Å²) in [5.41, 5.74) is 2.57. The third-order valence-corrected chi connectivity index (χ3v) is 5.81. The zero-order chi connectivity index (χ0) is 19.1. The lowest BCUT2D eigenvalue weighted by molar-refractivity contribution is 0.0698. The summed E-state index contributed by atoms with van der Waals surface area (Å²) in [4.78, 5) is 21.8. The standard InChI is InChI=1S/C20H25N7O/c1-24-12-8-17(22-24)20(28)26-11-4-5-15(13-26)19-21-18-7-6-16(14-27(18)23-19)25-9-2-3-10-25/h6-8,12,14-15H,2-5,9-11,13H2,1H3/t15-/m1/s1. The van der Waals surface area contributed by atoms with Crippen molar-refractivity contribution in [2.24, 2.45) is 7.05 Å². The number of aromatic nitrogens is 5. The van der Waals surface area contributed by atoms with Gasteiger partial charge in [-0.05, 0) is 43.9 Å². The van der Waals surface area contributed by atoms with Crippen molar-refractivity contribution in [1.29, 1.82) is 0 Å². The zero-order valence-electron chi connectivity index (χ0n) is 16.2. The van der Waals surface area contributed by atoms with Gasteiger partial charge in [0.05, 0.1) is 11.9 Å². The molecule has 28 heavy (non-hydrogen) atoms. The van der Waals surface area contributed by atoms with Crippen LogP contribution in [0, 0.1) is 0 Å². The third kappa shape index (κ3) is 3.12. The highest BCUT2D eigenvalue weighted by atomic mass is 16.2. The number of amides is 1. The minimum absolute atomic E-state index is 0.00890. The van der Waals surface area contributed by atoms with Gasteiger partial charge in [-0.1, -0.05) is 0 Å². The van der Waals surface area contributed by atoms with E-state index in [0.717, 1.165) is 43.9 Å². The maximum Gasteiger partial charge on any atom is 0.274 e. The Balaban J connectivity index is 1.36. The number of fused-ring (bicyclic) bond motifs is 1. The molecule has 5 heterocycles. The predicted molar refractivity (Wildman–Crippen MR) is 106 cm³/mol. The summed E-state index contributed by atoms with van der Waals surface area (Å²) >= 11 is 0. The number of hydrogen-bond acceptors (Lipinski definition) is 5. The van der Waals surface area contributed by atoms with Crippen LogP contribution in [-0.4, -0.2) is 61.4 Å². The van der Waals surface area contributed by atoms with Crippen molar-refractivity contribution in [2.75, 3.05) is 31.1 Å². The molecule has 2 saturated heterocycles. The second-order valence-corrected chi connectivity index (χ2v) is 7.82. The summed E-state index contributed by atoms with van der Waals surface area (Å²) in [7, 11) is 1.83. The van der Waals surface area contributed by atoms with E-state index in [2.05, 4.69) is 22.3 Å². The largest absolute Gasteiger partial charge is 0.370 e. The summed E-state index contributed by atoms with van der Waals surface area (Å²) in [5, 5.41) is 9.01. The van der Waals surface area contributed by atoms with Gasteiger partial charge in [0, 0.05) is 45.3 Å². The number of piperidine rings is 1. The van der Waals surface area contributed by atoms with Gasteiger partial charge in [0.1, 0.15) is 5.69 Å². The van der Waals surface area contributed by atoms with Gasteiger partial charge < -0.3 is 9.80 Å². The van der Waals surface area contributed by atoms with Crippen LogP contribution in [0.3, 0.4) is 0 Å². The second kappa shape index (κ2) is 6.92. The lowest BCUT2D eigenvalue weighted by Gasteiger charge is -2.30. The molecule has 5 rings (SSSR count). The van der Waals surface area contributed by atoms with Crippen molar-refractivity contribution in [3.63, 3.8) is 0 Å². The van der Waals surface area contributed by atoms with Crippen LogP contribution in [0.2, 0.25) is 0 Å². The number of rotatable bonds is 3. The molecule has 0 unspecified atom stereocenters. The molecule has 0 bridgehead atoms. The Labute approximate surface area is 163 Å². The maximum atomic E-state index is 12.8. The number of carbonyl (C=O) groups excluding carboxylic acids is 1. The molecule has 0 aromatic carbocycles. The fourth-order valence-corrected chi connectivity index (χ4v) is 4.29. The van der Waals surface area contributed by atoms with Crippen LogP contribution in [0.15, 0.2) is 30.6 Å². The third-order valence-electron chi connectivity index (χ3n) is 5.81. The van der Waals surface area contributed by atoms with Gasteiger partial charge in [-0.2, -0.15) is 10.2 Å². The van der Waals surface area contributed by atoms with Gasteiger partial charge in [-0.15, -0.1) is 0 Å². The van der Waals surface area contributed by atoms with E-state index in [-0.39, 0.29) is 11.8 Å². The molecular weight excluding hydrogens is 354 g/mol. The first-order valence-electron chi connectivity index (χ1n) is 10.1. The summed E-state index contributed by atoms with van der Waals surface area (Å²) in [6.07, 6.45) is 8.35. The number of pyridine rings is 1. The fraction of sp³-hybridized carbons (Fsp3) is 0.500. The van der Waals surface area contributed by atoms with Gasteiger partial charge in [0.15, 0.2) is 11.5 Å². The van der Waals surface area contributed by atoms with E-state index in [9.17, 15) is 4.79 Å². The average molecular weight is 379 g/mol. The molecule has 146 valence electrons. The quantitative estimate of drug-likeness (QED) is 0.697. The number of nitrogens with zero attached hydrogens (tertiary/aromatic N) is 7. The van der Waals surface area contributed by atoms with Crippen molar-refractivity contribution in [2.45, 2.75) is 31.6 Å². The first-order chi connectivity index (χ1) is 13.7. The van der Waals surface area contributed by atoms with Crippen molar-refractivity contribution >= 4 is 17.2 Å². The number of aryl methyl sites for hydroxylation is 1. The first-order valence-corrected chi connectivity index (χ1v) is 10.1. The van der Waals surface area contributed by atoms with Crippen molar-refractivity contribution < 1.29 is 4.79 Å². The van der Waals surface area contributed by atoms with Gasteiger partial charge in [0.2, 0.25) is 0 Å². The predicted octanol–water partition coefficient (Wildman–Crippen LogP) is 2.08. The Kier molecular flexibility index (Phi) is 4.26. The average Bonchev–Trinajstić information content (AvgIpc) is 3.47. The molecule has 2 fully saturated rings. The normalized spacial score (nSPS) is 20.2. The molecule has 0 radical (unpaired) electrons. The number of likely N-dealkylation sites (tertiary alicyclic amines) is 1. The Morgan fingerprint density at radius 1 is 1.07 bits per heavy atom. The fourth-order valence-electron chi connectivity index (χ4n) is 4.29. The van der Waals surface area contributed by atoms with Crippen LogP contribution in [0.25, 0.3) is 5.65 Å². The Hall–Kier alpha value is -2.90. The molecule has 1 atom stereocenters. The highest BCUT2D eigenvalue weighted by molar-refractivity contribution is 5.92. The summed E-state index contributed by atoms with van der Waals surface area (Å²) in [6.45, 7) is 3.63. The zero-order valence-corrected chi connectivity index (χ0v) is 16.2. The van der Waals surface area contributed by atoms with Crippen molar-refractivity contribution in [3.05, 3.63) is 42.1 Å². The molecule has 8 nitrogen and oxygen atoms in total. The Morgan fingerprint density at radius 2 is 1.93 bits per heavy atom. The van der Waals surface area contributed by atoms with E-state index in [1.165, 1.54) is 18.5 Å². The molecular formula is C20H25N7O. The Morgan fingerprint density at radius 3 is 2.71 bits per heavy atom. The van der Waals surface area contributed by atoms with E-state index in [0.29, 0.717) is 12.2 Å². The van der Waals surface area contributed by atoms with Crippen LogP contribution in [-0.2, 0) is 7.05 Å². The summed E-state index contributed by atoms with van der Waals surface area (Å²) < 4.78 is 3.55. The second-order valence-electron chi connectivity index (χ2n) is 7.82. The molecule has 0 spiro atoms. The van der Waals surface area contributed by atoms with E-state index < -0.39 is 0 Å². The molecule has 1 amide bonds. The number of anilines is 1. The van der Waals surface area contributed by atoms with Gasteiger partial charge >= 0.3 is 0 Å². The minimum atomic E-state index is -0.00890. The molecule has 2 aliphatic rings. The molecule has 3 aromatic heterocycles. The van der Waals surface area contributed by atoms with Gasteiger partial charge in [0.25, 0.3) is 5.91 Å². The molecule has 8 heteroatoms. The topological polar surface area (TPSA) is 71.6 Å². The highest BCUT2D eigenvalue weighted by Gasteiger charge is 2.29. The van der Waals surface area contributed by atoms with Crippen molar-refractivity contribution in [1.82, 2.24) is 29.3 Å². The van der Waals surface area contributed by atoms with Crippen molar-refractivity contribution in [3.8, 4) is 0 Å². The highest BCUT2D eigenvalue weighted by Crippen LogP contribution is 2.27. The molecule has 0 saturated carbocycles. The van der Waals surface area contributed by atoms with E-state index in [4.69, 9.17) is 10.1 Å². The molecule has 3 aromatic rings. The lowest BCUT2D eigenvalue weighted by atomic mass is 9.97. The lowest BCUT2D eigenvalue weighted by Crippen LogP contribution is -2.39. The molecule has 2 aliphatic heterocycles. The summed E-state index contributed by atoms with van der Waals surface area (Å²) in [5.74, 6) is 0.985. The number of hydrogen-bond donors (Lipinski definition) is 0. The number of carbonyl (C=O) groups is 1. The van der Waals surface area contributed by atoms with Crippen LogP contribution in [0.4, 0.5) is 5.69 Å².